The van der Waals surface area contributed by atoms with Gasteiger partial charge in [0.2, 0.25) is 0 Å². The van der Waals surface area contributed by atoms with E-state index in [0.717, 1.165) is 28.3 Å². The fraction of sp³-hybridized carbons (Fsp3) is 0. The van der Waals surface area contributed by atoms with E-state index in [-0.39, 0.29) is 20.1 Å². The van der Waals surface area contributed by atoms with E-state index < -0.39 is 0 Å². The number of rotatable bonds is 1. The van der Waals surface area contributed by atoms with Crippen molar-refractivity contribution in [3.05, 3.63) is 85.3 Å². The number of aromatic nitrogens is 4. The van der Waals surface area contributed by atoms with Gasteiger partial charge in [-0.1, -0.05) is 0 Å². The third kappa shape index (κ3) is 2.13. The van der Waals surface area contributed by atoms with Crippen LogP contribution in [0.25, 0.3) is 28.3 Å². The average molecular weight is 490 g/mol. The van der Waals surface area contributed by atoms with Crippen LogP contribution in [0.2, 0.25) is 0 Å². The molecule has 24 heavy (non-hydrogen) atoms. The second-order valence-electron chi connectivity index (χ2n) is 5.42. The van der Waals surface area contributed by atoms with Crippen molar-refractivity contribution in [1.82, 2.24) is 18.2 Å². The minimum Gasteiger partial charge on any atom is -0.327 e. The second kappa shape index (κ2) is 5.78. The normalized spacial score (nSPS) is 11.0. The van der Waals surface area contributed by atoms with Gasteiger partial charge < -0.3 is 4.40 Å². The van der Waals surface area contributed by atoms with Gasteiger partial charge in [-0.05, 0) is 36.4 Å². The van der Waals surface area contributed by atoms with Gasteiger partial charge in [-0.2, -0.15) is 0 Å². The summed E-state index contributed by atoms with van der Waals surface area (Å²) in [6.07, 6.45) is 6.15. The molecule has 0 fully saturated rings. The van der Waals surface area contributed by atoms with E-state index in [9.17, 15) is 0 Å². The molecule has 0 unspecified atom stereocenters. The van der Waals surface area contributed by atoms with Crippen LogP contribution in [0.3, 0.4) is 0 Å². The van der Waals surface area contributed by atoms with E-state index in [1.807, 2.05) is 54.9 Å². The maximum absolute atomic E-state index is 4.92. The molecule has 0 aliphatic carbocycles. The third-order valence-corrected chi connectivity index (χ3v) is 4.07. The zero-order valence-electron chi connectivity index (χ0n) is 12.6. The summed E-state index contributed by atoms with van der Waals surface area (Å²) in [7, 11) is 0. The molecule has 119 valence electrons. The van der Waals surface area contributed by atoms with E-state index in [1.54, 1.807) is 0 Å². The van der Waals surface area contributed by atoms with E-state index in [0.29, 0.717) is 0 Å². The molecule has 0 N–H and O–H groups in total. The van der Waals surface area contributed by atoms with Crippen LogP contribution in [-0.2, 0) is 20.1 Å². The predicted molar refractivity (Wildman–Crippen MR) is 90.2 cm³/mol. The summed E-state index contributed by atoms with van der Waals surface area (Å²) in [6, 6.07) is 23.5. The molecule has 0 saturated heterocycles. The van der Waals surface area contributed by atoms with Crippen LogP contribution in [-0.4, -0.2) is 18.2 Å². The van der Waals surface area contributed by atoms with E-state index in [4.69, 9.17) is 4.98 Å². The van der Waals surface area contributed by atoms with Gasteiger partial charge in [-0.15, -0.1) is 35.9 Å². The Kier molecular flexibility index (Phi) is 3.60. The molecule has 1 radical (unpaired) electrons. The minimum absolute atomic E-state index is 0. The van der Waals surface area contributed by atoms with Crippen molar-refractivity contribution in [2.75, 3.05) is 0 Å². The molecule has 4 heterocycles. The van der Waals surface area contributed by atoms with Crippen LogP contribution >= 0.6 is 0 Å². The molecule has 4 aromatic heterocycles. The monoisotopic (exact) mass is 490 g/mol. The van der Waals surface area contributed by atoms with E-state index in [1.165, 1.54) is 0 Å². The Morgan fingerprint density at radius 3 is 2.21 bits per heavy atom. The van der Waals surface area contributed by atoms with E-state index >= 15 is 0 Å². The van der Waals surface area contributed by atoms with Gasteiger partial charge >= 0.3 is 0 Å². The number of fused-ring (bicyclic) bond motifs is 5. The molecule has 0 saturated carbocycles. The summed E-state index contributed by atoms with van der Waals surface area (Å²) in [5, 5.41) is 0. The fourth-order valence-corrected chi connectivity index (χ4v) is 3.05. The van der Waals surface area contributed by atoms with Crippen molar-refractivity contribution >= 4 is 16.9 Å². The maximum atomic E-state index is 4.92. The van der Waals surface area contributed by atoms with E-state index in [2.05, 4.69) is 43.7 Å². The first-order chi connectivity index (χ1) is 11.4. The second-order valence-corrected chi connectivity index (χ2v) is 5.42. The Morgan fingerprint density at radius 1 is 0.708 bits per heavy atom. The molecular formula is C19H13IrN4-. The van der Waals surface area contributed by atoms with Crippen LogP contribution in [0.5, 0.6) is 0 Å². The summed E-state index contributed by atoms with van der Waals surface area (Å²) in [6.45, 7) is 0. The van der Waals surface area contributed by atoms with Gasteiger partial charge in [-0.3, -0.25) is 13.8 Å². The zero-order chi connectivity index (χ0) is 15.2. The Balaban J connectivity index is 0.00000146. The molecule has 5 rings (SSSR count). The Labute approximate surface area is 152 Å². The topological polar surface area (TPSA) is 26.1 Å². The molecule has 0 amide bonds. The summed E-state index contributed by atoms with van der Waals surface area (Å²) in [5.74, 6) is 0.866. The number of hydrogen-bond acceptors (Lipinski definition) is 1. The van der Waals surface area contributed by atoms with Gasteiger partial charge in [-0.25, -0.2) is 0 Å². The number of benzene rings is 1. The summed E-state index contributed by atoms with van der Waals surface area (Å²) >= 11 is 0. The van der Waals surface area contributed by atoms with Gasteiger partial charge in [0.25, 0.3) is 0 Å². The fourth-order valence-electron chi connectivity index (χ4n) is 3.05. The summed E-state index contributed by atoms with van der Waals surface area (Å²) in [4.78, 5) is 4.92. The smallest absolute Gasteiger partial charge is 0.130 e. The minimum atomic E-state index is 0. The molecule has 5 heteroatoms. The van der Waals surface area contributed by atoms with Crippen LogP contribution in [0.15, 0.2) is 79.3 Å². The molecule has 0 spiro atoms. The predicted octanol–water partition coefficient (Wildman–Crippen LogP) is 3.87. The molecule has 0 aliphatic rings. The van der Waals surface area contributed by atoms with Crippen LogP contribution in [0, 0.1) is 6.07 Å². The van der Waals surface area contributed by atoms with Gasteiger partial charge in [0, 0.05) is 38.7 Å². The number of nitrogens with zero attached hydrogens (tertiary/aromatic N) is 4. The molecule has 5 aromatic rings. The average Bonchev–Trinajstić information content (AvgIpc) is 3.30. The van der Waals surface area contributed by atoms with Gasteiger partial charge in [0.1, 0.15) is 16.9 Å². The standard InChI is InChI=1S/C19H13N4.Ir/c1-2-7-15(8-3-1)19-20-16-9-4-12-21(16)17-10-5-13-22(17)18-11-6-14-23(18)19;/h1-7,9-14H;/q-1;. The van der Waals surface area contributed by atoms with Crippen molar-refractivity contribution in [1.29, 1.82) is 0 Å². The van der Waals surface area contributed by atoms with Crippen molar-refractivity contribution in [3.8, 4) is 11.4 Å². The van der Waals surface area contributed by atoms with Crippen LogP contribution < -0.4 is 0 Å². The van der Waals surface area contributed by atoms with Crippen molar-refractivity contribution < 1.29 is 20.1 Å². The van der Waals surface area contributed by atoms with Crippen molar-refractivity contribution in [2.24, 2.45) is 0 Å². The first-order valence-electron chi connectivity index (χ1n) is 7.51. The largest absolute Gasteiger partial charge is 0.327 e. The molecule has 1 aromatic carbocycles. The van der Waals surface area contributed by atoms with Crippen LogP contribution in [0.1, 0.15) is 0 Å². The van der Waals surface area contributed by atoms with Gasteiger partial charge in [0.15, 0.2) is 0 Å². The van der Waals surface area contributed by atoms with Gasteiger partial charge in [0.05, 0.1) is 5.82 Å². The van der Waals surface area contributed by atoms with Crippen molar-refractivity contribution in [3.63, 3.8) is 0 Å². The molecule has 0 atom stereocenters. The summed E-state index contributed by atoms with van der Waals surface area (Å²) in [5.41, 5.74) is 4.00. The third-order valence-electron chi connectivity index (χ3n) is 4.07. The Bertz CT molecular complexity index is 1170. The molecule has 0 aliphatic heterocycles. The first-order valence-corrected chi connectivity index (χ1v) is 7.51. The molecule has 0 bridgehead atoms. The summed E-state index contributed by atoms with van der Waals surface area (Å²) < 4.78 is 6.37. The molecular weight excluding hydrogens is 476 g/mol. The van der Waals surface area contributed by atoms with Crippen molar-refractivity contribution in [2.45, 2.75) is 0 Å². The number of hydrogen-bond donors (Lipinski definition) is 0. The maximum Gasteiger partial charge on any atom is 0.130 e. The zero-order valence-corrected chi connectivity index (χ0v) is 15.0. The Morgan fingerprint density at radius 2 is 1.42 bits per heavy atom. The van der Waals surface area contributed by atoms with Crippen LogP contribution in [0.4, 0.5) is 0 Å². The quantitative estimate of drug-likeness (QED) is 0.329. The SMILES string of the molecule is [Ir].[c-]1ccccc1-c1nc2cccn2c2cccn2c2cccn12. The Hall–Kier alpha value is -2.62. The first kappa shape index (κ1) is 14.9. The molecule has 4 nitrogen and oxygen atoms in total.